The van der Waals surface area contributed by atoms with Crippen LogP contribution in [0.1, 0.15) is 40.6 Å². The van der Waals surface area contributed by atoms with Crippen LogP contribution < -0.4 is 5.56 Å². The fourth-order valence-corrected chi connectivity index (χ4v) is 6.06. The summed E-state index contributed by atoms with van der Waals surface area (Å²) >= 11 is 2.86. The fourth-order valence-electron chi connectivity index (χ4n) is 3.75. The van der Waals surface area contributed by atoms with E-state index >= 15 is 0 Å². The minimum atomic E-state index is -0.469. The maximum atomic E-state index is 13.4. The number of fused-ring (bicyclic) bond motifs is 3. The second-order valence-electron chi connectivity index (χ2n) is 7.37. The van der Waals surface area contributed by atoms with Gasteiger partial charge < -0.3 is 4.74 Å². The topological polar surface area (TPSA) is 61.2 Å². The van der Waals surface area contributed by atoms with E-state index in [4.69, 9.17) is 9.72 Å². The first-order chi connectivity index (χ1) is 14.5. The second-order valence-corrected chi connectivity index (χ2v) is 9.76. The number of nitrogens with zero attached hydrogens (tertiary/aromatic N) is 2. The van der Waals surface area contributed by atoms with Gasteiger partial charge in [0.2, 0.25) is 0 Å². The summed E-state index contributed by atoms with van der Waals surface area (Å²) in [6.45, 7) is 2.54. The zero-order valence-electron chi connectivity index (χ0n) is 16.9. The first-order valence-corrected chi connectivity index (χ1v) is 11.7. The number of carbonyl (C=O) groups is 1. The van der Waals surface area contributed by atoms with Crippen molar-refractivity contribution in [2.75, 3.05) is 13.7 Å². The molecule has 4 rings (SSSR count). The van der Waals surface area contributed by atoms with Gasteiger partial charge in [0, 0.05) is 17.6 Å². The molecule has 1 aromatic carbocycles. The molecule has 2 aromatic heterocycles. The van der Waals surface area contributed by atoms with E-state index in [1.54, 1.807) is 29.9 Å². The van der Waals surface area contributed by atoms with Gasteiger partial charge in [-0.15, -0.1) is 11.3 Å². The number of thioether (sulfide) groups is 1. The maximum Gasteiger partial charge on any atom is 0.263 e. The first-order valence-electron chi connectivity index (χ1n) is 10.00. The van der Waals surface area contributed by atoms with Gasteiger partial charge in [-0.1, -0.05) is 11.8 Å². The molecule has 0 spiro atoms. The Morgan fingerprint density at radius 3 is 2.77 bits per heavy atom. The largest absolute Gasteiger partial charge is 0.383 e. The number of aromatic nitrogens is 2. The van der Waals surface area contributed by atoms with Crippen molar-refractivity contribution in [3.8, 4) is 0 Å². The van der Waals surface area contributed by atoms with Crippen LogP contribution in [0.15, 0.2) is 34.2 Å². The standard InChI is InChI=1S/C22H23FN2O3S2/c1-13(19(26)14-7-9-15(23)10-8-14)29-22-24-20-18(21(27)25(22)11-12-28-2)16-5-3-4-6-17(16)30-20/h7-10,13H,3-6,11-12H2,1-2H3. The van der Waals surface area contributed by atoms with Crippen LogP contribution in [0.25, 0.3) is 10.2 Å². The number of thiophene rings is 1. The molecule has 0 aliphatic heterocycles. The molecule has 1 aliphatic rings. The molecule has 3 aromatic rings. The number of ether oxygens (including phenoxy) is 1. The highest BCUT2D eigenvalue weighted by Gasteiger charge is 2.24. The van der Waals surface area contributed by atoms with E-state index in [0.29, 0.717) is 23.9 Å². The normalized spacial score (nSPS) is 14.6. The van der Waals surface area contributed by atoms with Gasteiger partial charge in [0.15, 0.2) is 10.9 Å². The van der Waals surface area contributed by atoms with Crippen molar-refractivity contribution in [1.82, 2.24) is 9.55 Å². The van der Waals surface area contributed by atoms with E-state index in [1.165, 1.54) is 40.9 Å². The summed E-state index contributed by atoms with van der Waals surface area (Å²) in [5, 5.41) is 0.780. The lowest BCUT2D eigenvalue weighted by atomic mass is 9.97. The lowest BCUT2D eigenvalue weighted by Gasteiger charge is -2.15. The van der Waals surface area contributed by atoms with E-state index in [-0.39, 0.29) is 17.2 Å². The molecule has 0 fully saturated rings. The van der Waals surface area contributed by atoms with Gasteiger partial charge in [-0.3, -0.25) is 14.2 Å². The summed E-state index contributed by atoms with van der Waals surface area (Å²) in [6, 6.07) is 5.52. The predicted molar refractivity (Wildman–Crippen MR) is 118 cm³/mol. The minimum Gasteiger partial charge on any atom is -0.383 e. The van der Waals surface area contributed by atoms with Gasteiger partial charge in [-0.25, -0.2) is 9.37 Å². The van der Waals surface area contributed by atoms with Crippen molar-refractivity contribution in [2.24, 2.45) is 0 Å². The highest BCUT2D eigenvalue weighted by molar-refractivity contribution is 8.00. The van der Waals surface area contributed by atoms with Crippen LogP contribution >= 0.6 is 23.1 Å². The van der Waals surface area contributed by atoms with Crippen LogP contribution in [-0.2, 0) is 24.1 Å². The van der Waals surface area contributed by atoms with Crippen LogP contribution in [-0.4, -0.2) is 34.3 Å². The zero-order chi connectivity index (χ0) is 21.3. The molecule has 0 bridgehead atoms. The Morgan fingerprint density at radius 2 is 2.03 bits per heavy atom. The molecule has 8 heteroatoms. The minimum absolute atomic E-state index is 0.0552. The van der Waals surface area contributed by atoms with Crippen molar-refractivity contribution >= 4 is 39.1 Å². The third-order valence-corrected chi connectivity index (χ3v) is 7.61. The molecular formula is C22H23FN2O3S2. The Balaban J connectivity index is 1.72. The number of hydrogen-bond donors (Lipinski definition) is 0. The number of benzene rings is 1. The molecule has 158 valence electrons. The summed E-state index contributed by atoms with van der Waals surface area (Å²) in [4.78, 5) is 33.0. The van der Waals surface area contributed by atoms with Crippen molar-refractivity contribution in [2.45, 2.75) is 49.6 Å². The average molecular weight is 447 g/mol. The molecule has 0 saturated carbocycles. The summed E-state index contributed by atoms with van der Waals surface area (Å²) in [6.07, 6.45) is 4.15. The van der Waals surface area contributed by atoms with E-state index in [2.05, 4.69) is 0 Å². The van der Waals surface area contributed by atoms with Crippen molar-refractivity contribution < 1.29 is 13.9 Å². The molecule has 2 heterocycles. The van der Waals surface area contributed by atoms with Gasteiger partial charge in [0.05, 0.1) is 23.8 Å². The maximum absolute atomic E-state index is 13.4. The molecular weight excluding hydrogens is 423 g/mol. The Bertz CT molecular complexity index is 1140. The van der Waals surface area contributed by atoms with Crippen molar-refractivity contribution in [3.63, 3.8) is 0 Å². The summed E-state index contributed by atoms with van der Waals surface area (Å²) in [5.74, 6) is -0.507. The van der Waals surface area contributed by atoms with Crippen molar-refractivity contribution in [3.05, 3.63) is 56.4 Å². The molecule has 0 amide bonds. The summed E-state index contributed by atoms with van der Waals surface area (Å²) < 4.78 is 20.0. The Morgan fingerprint density at radius 1 is 1.30 bits per heavy atom. The van der Waals surface area contributed by atoms with Crippen LogP contribution in [0.2, 0.25) is 0 Å². The van der Waals surface area contributed by atoms with Gasteiger partial charge in [0.1, 0.15) is 10.6 Å². The number of aryl methyl sites for hydroxylation is 2. The molecule has 1 unspecified atom stereocenters. The molecule has 5 nitrogen and oxygen atoms in total. The smallest absolute Gasteiger partial charge is 0.263 e. The highest BCUT2D eigenvalue weighted by Crippen LogP contribution is 2.35. The van der Waals surface area contributed by atoms with Gasteiger partial charge in [-0.2, -0.15) is 0 Å². The zero-order valence-corrected chi connectivity index (χ0v) is 18.6. The number of carbonyl (C=O) groups excluding carboxylic acids is 1. The van der Waals surface area contributed by atoms with Crippen molar-refractivity contribution in [1.29, 1.82) is 0 Å². The second kappa shape index (κ2) is 8.99. The quantitative estimate of drug-likeness (QED) is 0.304. The Labute approximate surface area is 182 Å². The summed E-state index contributed by atoms with van der Waals surface area (Å²) in [7, 11) is 1.59. The number of halogens is 1. The van der Waals surface area contributed by atoms with E-state index in [0.717, 1.165) is 41.5 Å². The Hall–Kier alpha value is -2.03. The molecule has 0 radical (unpaired) electrons. The monoisotopic (exact) mass is 446 g/mol. The van der Waals surface area contributed by atoms with Gasteiger partial charge >= 0.3 is 0 Å². The molecule has 0 N–H and O–H groups in total. The number of hydrogen-bond acceptors (Lipinski definition) is 6. The SMILES string of the molecule is COCCn1c(SC(C)C(=O)c2ccc(F)cc2)nc2sc3c(c2c1=O)CCCC3. The van der Waals surface area contributed by atoms with E-state index in [1.807, 2.05) is 0 Å². The number of methoxy groups -OCH3 is 1. The summed E-state index contributed by atoms with van der Waals surface area (Å²) in [5.41, 5.74) is 1.53. The van der Waals surface area contributed by atoms with E-state index < -0.39 is 5.25 Å². The average Bonchev–Trinajstić information content (AvgIpc) is 3.12. The first kappa shape index (κ1) is 21.2. The van der Waals surface area contributed by atoms with Gasteiger partial charge in [0.25, 0.3) is 5.56 Å². The van der Waals surface area contributed by atoms with Crippen LogP contribution in [0, 0.1) is 5.82 Å². The van der Waals surface area contributed by atoms with Crippen LogP contribution in [0.3, 0.4) is 0 Å². The number of Topliss-reactive ketones (excluding diaryl/α,β-unsaturated/α-hetero) is 1. The third kappa shape index (κ3) is 4.08. The van der Waals surface area contributed by atoms with Crippen LogP contribution in [0.5, 0.6) is 0 Å². The molecule has 1 atom stereocenters. The third-order valence-electron chi connectivity index (χ3n) is 5.34. The van der Waals surface area contributed by atoms with Gasteiger partial charge in [-0.05, 0) is 62.4 Å². The predicted octanol–water partition coefficient (Wildman–Crippen LogP) is 4.49. The van der Waals surface area contributed by atoms with E-state index in [9.17, 15) is 14.0 Å². The molecule has 30 heavy (non-hydrogen) atoms. The lowest BCUT2D eigenvalue weighted by Crippen LogP contribution is -2.27. The fraction of sp³-hybridized carbons (Fsp3) is 0.409. The molecule has 0 saturated heterocycles. The number of ketones is 1. The Kier molecular flexibility index (Phi) is 6.36. The number of rotatable bonds is 7. The highest BCUT2D eigenvalue weighted by atomic mass is 32.2. The lowest BCUT2D eigenvalue weighted by molar-refractivity contribution is 0.0993. The molecule has 1 aliphatic carbocycles. The van der Waals surface area contributed by atoms with Crippen LogP contribution in [0.4, 0.5) is 4.39 Å².